The van der Waals surface area contributed by atoms with Crippen LogP contribution in [0.25, 0.3) is 10.9 Å². The molecule has 8 N–H and O–H groups in total. The highest BCUT2D eigenvalue weighted by Crippen LogP contribution is 2.19. The number of carbonyl (C=O) groups is 4. The van der Waals surface area contributed by atoms with Gasteiger partial charge in [-0.2, -0.15) is 24.4 Å². The van der Waals surface area contributed by atoms with Crippen LogP contribution in [0.4, 0.5) is 0 Å². The van der Waals surface area contributed by atoms with E-state index in [1.165, 1.54) is 23.9 Å². The average molecular weight is 602 g/mol. The number of phenolic OH excluding ortho intramolecular Hbond substituents is 1. The molecule has 3 rings (SSSR count). The second-order valence-electron chi connectivity index (χ2n) is 9.53. The highest BCUT2D eigenvalue weighted by Gasteiger charge is 2.30. The SMILES string of the molecule is CSCCC(NC(=O)C(Cc1ccc(O)cc1)NC(=O)C(N)Cc1c[nH]c2ccccc12)C(=O)NC(CS)C(=O)O. The van der Waals surface area contributed by atoms with Crippen LogP contribution in [0.2, 0.25) is 0 Å². The molecule has 0 fully saturated rings. The Morgan fingerprint density at radius 2 is 1.56 bits per heavy atom. The first-order valence-electron chi connectivity index (χ1n) is 12.9. The number of carboxylic acid groups (broad SMARTS) is 1. The van der Waals surface area contributed by atoms with Gasteiger partial charge >= 0.3 is 5.97 Å². The molecule has 0 saturated heterocycles. The Labute approximate surface area is 247 Å². The normalized spacial score (nSPS) is 14.0. The second-order valence-corrected chi connectivity index (χ2v) is 10.9. The van der Waals surface area contributed by atoms with Crippen molar-refractivity contribution in [3.8, 4) is 5.75 Å². The Morgan fingerprint density at radius 3 is 2.22 bits per heavy atom. The first kappa shape index (κ1) is 31.8. The summed E-state index contributed by atoms with van der Waals surface area (Å²) in [5.41, 5.74) is 8.68. The molecular weight excluding hydrogens is 566 g/mol. The van der Waals surface area contributed by atoms with E-state index in [4.69, 9.17) is 5.73 Å². The summed E-state index contributed by atoms with van der Waals surface area (Å²) in [5.74, 6) is -2.67. The number of amides is 3. The number of hydrogen-bond acceptors (Lipinski definition) is 8. The summed E-state index contributed by atoms with van der Waals surface area (Å²) >= 11 is 5.43. The van der Waals surface area contributed by atoms with E-state index >= 15 is 0 Å². The van der Waals surface area contributed by atoms with Crippen LogP contribution in [0.5, 0.6) is 5.75 Å². The Hall–Kier alpha value is -3.68. The number of H-pyrrole nitrogens is 1. The third kappa shape index (κ3) is 9.17. The van der Waals surface area contributed by atoms with Crippen molar-refractivity contribution >= 4 is 59.0 Å². The van der Waals surface area contributed by atoms with Crippen molar-refractivity contribution in [1.82, 2.24) is 20.9 Å². The zero-order valence-corrected chi connectivity index (χ0v) is 24.2. The minimum absolute atomic E-state index is 0.0468. The van der Waals surface area contributed by atoms with Crippen molar-refractivity contribution in [1.29, 1.82) is 0 Å². The monoisotopic (exact) mass is 601 g/mol. The average Bonchev–Trinajstić information content (AvgIpc) is 3.36. The number of para-hydroxylation sites is 1. The molecule has 1 aromatic heterocycles. The molecule has 13 heteroatoms. The molecule has 0 bridgehead atoms. The predicted molar refractivity (Wildman–Crippen MR) is 162 cm³/mol. The lowest BCUT2D eigenvalue weighted by molar-refractivity contribution is -0.141. The number of aliphatic carboxylic acids is 1. The zero-order valence-electron chi connectivity index (χ0n) is 22.5. The molecule has 0 radical (unpaired) electrons. The number of aromatic nitrogens is 1. The molecular formula is C28H35N5O6S2. The van der Waals surface area contributed by atoms with E-state index in [9.17, 15) is 29.4 Å². The maximum Gasteiger partial charge on any atom is 0.327 e. The van der Waals surface area contributed by atoms with Crippen molar-refractivity contribution < 1.29 is 29.4 Å². The van der Waals surface area contributed by atoms with Gasteiger partial charge in [0, 0.05) is 29.3 Å². The van der Waals surface area contributed by atoms with Gasteiger partial charge in [0.25, 0.3) is 0 Å². The third-order valence-electron chi connectivity index (χ3n) is 6.50. The largest absolute Gasteiger partial charge is 0.508 e. The zero-order chi connectivity index (χ0) is 29.9. The van der Waals surface area contributed by atoms with E-state index in [-0.39, 0.29) is 30.8 Å². The number of nitrogens with one attached hydrogen (secondary N) is 4. The predicted octanol–water partition coefficient (Wildman–Crippen LogP) is 1.21. The van der Waals surface area contributed by atoms with Crippen LogP contribution < -0.4 is 21.7 Å². The number of phenols is 1. The number of benzene rings is 2. The maximum atomic E-state index is 13.5. The van der Waals surface area contributed by atoms with Gasteiger partial charge in [-0.3, -0.25) is 14.4 Å². The molecule has 0 spiro atoms. The lowest BCUT2D eigenvalue weighted by Gasteiger charge is -2.25. The van der Waals surface area contributed by atoms with E-state index in [0.717, 1.165) is 16.5 Å². The smallest absolute Gasteiger partial charge is 0.327 e. The Balaban J connectivity index is 1.77. The third-order valence-corrected chi connectivity index (χ3v) is 7.51. The molecule has 0 aliphatic rings. The van der Waals surface area contributed by atoms with Gasteiger partial charge in [-0.15, -0.1) is 0 Å². The number of aromatic hydroxyl groups is 1. The molecule has 220 valence electrons. The van der Waals surface area contributed by atoms with Gasteiger partial charge in [-0.05, 0) is 54.2 Å². The van der Waals surface area contributed by atoms with Crippen molar-refractivity contribution in [2.75, 3.05) is 17.8 Å². The highest BCUT2D eigenvalue weighted by atomic mass is 32.2. The summed E-state index contributed by atoms with van der Waals surface area (Å²) in [5, 5.41) is 27.7. The van der Waals surface area contributed by atoms with Gasteiger partial charge < -0.3 is 36.9 Å². The number of hydrogen-bond donors (Lipinski definition) is 8. The molecule has 3 aromatic rings. The molecule has 11 nitrogen and oxygen atoms in total. The number of carboxylic acids is 1. The molecule has 3 amide bonds. The summed E-state index contributed by atoms with van der Waals surface area (Å²) in [6.45, 7) is 0. The molecule has 2 aromatic carbocycles. The summed E-state index contributed by atoms with van der Waals surface area (Å²) in [6, 6.07) is 9.46. The summed E-state index contributed by atoms with van der Waals surface area (Å²) in [6.07, 6.45) is 4.15. The number of thioether (sulfide) groups is 1. The van der Waals surface area contributed by atoms with Crippen molar-refractivity contribution in [2.45, 2.75) is 43.4 Å². The Kier molecular flexibility index (Phi) is 11.9. The van der Waals surface area contributed by atoms with E-state index in [0.29, 0.717) is 11.3 Å². The first-order chi connectivity index (χ1) is 19.6. The molecule has 0 aliphatic carbocycles. The quantitative estimate of drug-likeness (QED) is 0.119. The van der Waals surface area contributed by atoms with Crippen LogP contribution in [0.3, 0.4) is 0 Å². The van der Waals surface area contributed by atoms with Crippen molar-refractivity contribution in [2.24, 2.45) is 5.73 Å². The second kappa shape index (κ2) is 15.4. The van der Waals surface area contributed by atoms with Crippen LogP contribution in [0.15, 0.2) is 54.7 Å². The highest BCUT2D eigenvalue weighted by molar-refractivity contribution is 7.98. The van der Waals surface area contributed by atoms with E-state index in [2.05, 4.69) is 33.6 Å². The van der Waals surface area contributed by atoms with Gasteiger partial charge in [0.15, 0.2) is 0 Å². The molecule has 4 unspecified atom stereocenters. The van der Waals surface area contributed by atoms with Crippen LogP contribution in [0.1, 0.15) is 17.5 Å². The van der Waals surface area contributed by atoms with Crippen LogP contribution in [-0.2, 0) is 32.0 Å². The fraction of sp³-hybridized carbons (Fsp3) is 0.357. The maximum absolute atomic E-state index is 13.5. The Bertz CT molecular complexity index is 1350. The van der Waals surface area contributed by atoms with Gasteiger partial charge in [-0.25, -0.2) is 4.79 Å². The number of fused-ring (bicyclic) bond motifs is 1. The van der Waals surface area contributed by atoms with Crippen molar-refractivity contribution in [3.63, 3.8) is 0 Å². The van der Waals surface area contributed by atoms with E-state index in [1.54, 1.807) is 18.3 Å². The van der Waals surface area contributed by atoms with E-state index < -0.39 is 47.9 Å². The topological polar surface area (TPSA) is 187 Å². The van der Waals surface area contributed by atoms with Gasteiger partial charge in [0.05, 0.1) is 6.04 Å². The lowest BCUT2D eigenvalue weighted by Crippen LogP contribution is -2.58. The summed E-state index contributed by atoms with van der Waals surface area (Å²) in [4.78, 5) is 54.2. The van der Waals surface area contributed by atoms with Crippen LogP contribution in [0, 0.1) is 0 Å². The van der Waals surface area contributed by atoms with E-state index in [1.807, 2.05) is 30.5 Å². The number of aromatic amines is 1. The minimum Gasteiger partial charge on any atom is -0.508 e. The number of rotatable bonds is 15. The standard InChI is InChI=1S/C28H35N5O6S2/c1-41-11-10-22(26(36)33-24(15-40)28(38)39)31-27(37)23(12-16-6-8-18(34)9-7-16)32-25(35)20(29)13-17-14-30-21-5-3-2-4-19(17)21/h2-9,14,20,22-24,30,34,40H,10-13,15,29H2,1H3,(H,31,37)(H,32,35)(H,33,36)(H,38,39). The molecule has 4 atom stereocenters. The number of carbonyl (C=O) groups excluding carboxylic acids is 3. The molecule has 1 heterocycles. The molecule has 41 heavy (non-hydrogen) atoms. The fourth-order valence-electron chi connectivity index (χ4n) is 4.22. The van der Waals surface area contributed by atoms with Gasteiger partial charge in [0.2, 0.25) is 17.7 Å². The summed E-state index contributed by atoms with van der Waals surface area (Å²) < 4.78 is 0. The molecule has 0 saturated carbocycles. The van der Waals surface area contributed by atoms with Gasteiger partial charge in [0.1, 0.15) is 23.9 Å². The minimum atomic E-state index is -1.25. The van der Waals surface area contributed by atoms with Crippen molar-refractivity contribution in [3.05, 3.63) is 65.9 Å². The lowest BCUT2D eigenvalue weighted by atomic mass is 10.0. The van der Waals surface area contributed by atoms with Gasteiger partial charge in [-0.1, -0.05) is 30.3 Å². The first-order valence-corrected chi connectivity index (χ1v) is 15.0. The number of thiol groups is 1. The summed E-state index contributed by atoms with van der Waals surface area (Å²) in [7, 11) is 0. The number of nitrogens with two attached hydrogens (primary N) is 1. The molecule has 0 aliphatic heterocycles. The Morgan fingerprint density at radius 1 is 0.927 bits per heavy atom. The fourth-order valence-corrected chi connectivity index (χ4v) is 4.94. The van der Waals surface area contributed by atoms with Crippen LogP contribution >= 0.6 is 24.4 Å². The van der Waals surface area contributed by atoms with Crippen LogP contribution in [-0.4, -0.2) is 80.8 Å².